The van der Waals surface area contributed by atoms with Gasteiger partial charge in [0.1, 0.15) is 5.52 Å². The van der Waals surface area contributed by atoms with Crippen LogP contribution in [0.15, 0.2) is 43.1 Å². The van der Waals surface area contributed by atoms with Gasteiger partial charge in [-0.25, -0.2) is 9.50 Å². The molecule has 3 aromatic heterocycles. The van der Waals surface area contributed by atoms with Gasteiger partial charge in [-0.3, -0.25) is 4.98 Å². The van der Waals surface area contributed by atoms with Crippen molar-refractivity contribution in [2.45, 2.75) is 19.4 Å². The van der Waals surface area contributed by atoms with Crippen LogP contribution in [0.2, 0.25) is 0 Å². The second kappa shape index (κ2) is 5.74. The number of nitrogens with one attached hydrogen (secondary N) is 1. The van der Waals surface area contributed by atoms with Crippen LogP contribution in [0.5, 0.6) is 0 Å². The first kappa shape index (κ1) is 13.3. The van der Waals surface area contributed by atoms with Crippen molar-refractivity contribution in [3.05, 3.63) is 52.3 Å². The first-order valence-electron chi connectivity index (χ1n) is 6.44. The molecule has 1 N–H and O–H groups in total. The van der Waals surface area contributed by atoms with Crippen LogP contribution in [0.3, 0.4) is 0 Å². The predicted octanol–water partition coefficient (Wildman–Crippen LogP) is 3.29. The summed E-state index contributed by atoms with van der Waals surface area (Å²) in [7, 11) is 0. The highest BCUT2D eigenvalue weighted by molar-refractivity contribution is 14.1. The summed E-state index contributed by atoms with van der Waals surface area (Å²) >= 11 is 2.28. The van der Waals surface area contributed by atoms with Gasteiger partial charge in [0.15, 0.2) is 5.82 Å². The van der Waals surface area contributed by atoms with E-state index in [0.717, 1.165) is 21.3 Å². The highest BCUT2D eigenvalue weighted by Gasteiger charge is 2.13. The molecule has 0 aliphatic carbocycles. The smallest absolute Gasteiger partial charge is 0.153 e. The van der Waals surface area contributed by atoms with Crippen molar-refractivity contribution in [1.29, 1.82) is 0 Å². The highest BCUT2D eigenvalue weighted by atomic mass is 127. The zero-order valence-corrected chi connectivity index (χ0v) is 13.2. The Morgan fingerprint density at radius 2 is 2.10 bits per heavy atom. The fraction of sp³-hybridized carbons (Fsp3) is 0.214. The minimum absolute atomic E-state index is 0.211. The zero-order chi connectivity index (χ0) is 13.9. The minimum Gasteiger partial charge on any atom is -0.361 e. The molecule has 0 saturated carbocycles. The van der Waals surface area contributed by atoms with E-state index >= 15 is 0 Å². The van der Waals surface area contributed by atoms with E-state index < -0.39 is 0 Å². The monoisotopic (exact) mass is 379 g/mol. The number of halogens is 1. The highest BCUT2D eigenvalue weighted by Crippen LogP contribution is 2.25. The zero-order valence-electron chi connectivity index (χ0n) is 11.0. The van der Waals surface area contributed by atoms with Crippen molar-refractivity contribution in [2.24, 2.45) is 0 Å². The molecule has 6 heteroatoms. The second-order valence-corrected chi connectivity index (χ2v) is 5.61. The molecule has 0 aliphatic heterocycles. The van der Waals surface area contributed by atoms with Gasteiger partial charge < -0.3 is 5.32 Å². The number of hydrogen-bond donors (Lipinski definition) is 1. The van der Waals surface area contributed by atoms with E-state index in [4.69, 9.17) is 0 Å². The minimum atomic E-state index is 0.211. The van der Waals surface area contributed by atoms with Crippen molar-refractivity contribution in [3.63, 3.8) is 0 Å². The third-order valence-electron chi connectivity index (χ3n) is 3.21. The Morgan fingerprint density at radius 1 is 1.30 bits per heavy atom. The summed E-state index contributed by atoms with van der Waals surface area (Å²) in [5.41, 5.74) is 2.22. The van der Waals surface area contributed by atoms with Crippen LogP contribution in [0, 0.1) is 3.57 Å². The second-order valence-electron chi connectivity index (χ2n) is 4.45. The lowest BCUT2D eigenvalue weighted by Gasteiger charge is -2.18. The van der Waals surface area contributed by atoms with E-state index in [1.807, 2.05) is 41.4 Å². The van der Waals surface area contributed by atoms with Crippen LogP contribution in [-0.2, 0) is 0 Å². The molecule has 0 fully saturated rings. The summed E-state index contributed by atoms with van der Waals surface area (Å²) in [5, 5.41) is 7.81. The molecular weight excluding hydrogens is 365 g/mol. The quantitative estimate of drug-likeness (QED) is 0.707. The molecule has 0 spiro atoms. The van der Waals surface area contributed by atoms with Crippen LogP contribution >= 0.6 is 22.6 Å². The van der Waals surface area contributed by atoms with E-state index in [2.05, 4.69) is 49.9 Å². The molecule has 20 heavy (non-hydrogen) atoms. The summed E-state index contributed by atoms with van der Waals surface area (Å²) in [5.74, 6) is 0.859. The lowest BCUT2D eigenvalue weighted by atomic mass is 10.1. The van der Waals surface area contributed by atoms with Crippen molar-refractivity contribution in [3.8, 4) is 0 Å². The molecule has 1 unspecified atom stereocenters. The number of fused-ring (bicyclic) bond motifs is 1. The van der Waals surface area contributed by atoms with Gasteiger partial charge >= 0.3 is 0 Å². The van der Waals surface area contributed by atoms with E-state index in [1.54, 1.807) is 6.20 Å². The molecule has 0 radical (unpaired) electrons. The fourth-order valence-corrected chi connectivity index (χ4v) is 2.82. The Morgan fingerprint density at radius 3 is 2.85 bits per heavy atom. The maximum Gasteiger partial charge on any atom is 0.153 e. The predicted molar refractivity (Wildman–Crippen MR) is 86.6 cm³/mol. The number of aromatic nitrogens is 4. The topological polar surface area (TPSA) is 55.1 Å². The van der Waals surface area contributed by atoms with Crippen LogP contribution in [0.1, 0.15) is 24.9 Å². The van der Waals surface area contributed by atoms with Crippen LogP contribution < -0.4 is 5.32 Å². The van der Waals surface area contributed by atoms with Gasteiger partial charge in [-0.15, -0.1) is 0 Å². The molecule has 5 nitrogen and oxygen atoms in total. The van der Waals surface area contributed by atoms with Crippen molar-refractivity contribution < 1.29 is 0 Å². The van der Waals surface area contributed by atoms with E-state index in [0.29, 0.717) is 0 Å². The summed E-state index contributed by atoms with van der Waals surface area (Å²) in [6.45, 7) is 2.15. The van der Waals surface area contributed by atoms with Gasteiger partial charge in [0, 0.05) is 24.8 Å². The third kappa shape index (κ3) is 2.47. The van der Waals surface area contributed by atoms with Gasteiger partial charge in [0.2, 0.25) is 0 Å². The Kier molecular flexibility index (Phi) is 3.81. The third-order valence-corrected chi connectivity index (χ3v) is 4.00. The number of anilines is 1. The van der Waals surface area contributed by atoms with Crippen LogP contribution in [-0.4, -0.2) is 19.6 Å². The maximum absolute atomic E-state index is 4.46. The summed E-state index contributed by atoms with van der Waals surface area (Å²) < 4.78 is 2.93. The molecular formula is C14H14IN5. The molecule has 0 aliphatic rings. The molecule has 102 valence electrons. The number of rotatable bonds is 4. The van der Waals surface area contributed by atoms with Gasteiger partial charge in [0.05, 0.1) is 15.8 Å². The largest absolute Gasteiger partial charge is 0.361 e. The summed E-state index contributed by atoms with van der Waals surface area (Å²) in [6, 6.07) is 4.27. The Bertz CT molecular complexity index is 710. The van der Waals surface area contributed by atoms with Gasteiger partial charge in [-0.1, -0.05) is 6.92 Å². The standard InChI is InChI=1S/C14H14IN5/c1-2-12(10-3-5-16-6-4-10)19-14-13-11(15)9-18-20(13)8-7-17-14/h3-9,12H,2H2,1H3,(H,17,19). The summed E-state index contributed by atoms with van der Waals surface area (Å²) in [6.07, 6.45) is 10.1. The Hall–Kier alpha value is -1.70. The van der Waals surface area contributed by atoms with Gasteiger partial charge in [-0.05, 0) is 46.7 Å². The number of hydrogen-bond acceptors (Lipinski definition) is 4. The first-order valence-corrected chi connectivity index (χ1v) is 7.51. The fourth-order valence-electron chi connectivity index (χ4n) is 2.20. The number of pyridine rings is 1. The van der Waals surface area contributed by atoms with Crippen LogP contribution in [0.25, 0.3) is 5.52 Å². The maximum atomic E-state index is 4.46. The molecule has 0 saturated heterocycles. The Labute approximate surface area is 130 Å². The van der Waals surface area contributed by atoms with Gasteiger partial charge in [0.25, 0.3) is 0 Å². The lowest BCUT2D eigenvalue weighted by molar-refractivity contribution is 0.742. The molecule has 0 amide bonds. The summed E-state index contributed by atoms with van der Waals surface area (Å²) in [4.78, 5) is 8.53. The van der Waals surface area contributed by atoms with Crippen molar-refractivity contribution in [2.75, 3.05) is 5.32 Å². The van der Waals surface area contributed by atoms with E-state index in [9.17, 15) is 0 Å². The average molecular weight is 379 g/mol. The molecule has 3 heterocycles. The van der Waals surface area contributed by atoms with E-state index in [1.165, 1.54) is 5.56 Å². The molecule has 3 rings (SSSR count). The van der Waals surface area contributed by atoms with Crippen molar-refractivity contribution in [1.82, 2.24) is 19.6 Å². The Balaban J connectivity index is 1.98. The normalized spacial score (nSPS) is 12.5. The number of nitrogens with zero attached hydrogens (tertiary/aromatic N) is 4. The first-order chi connectivity index (χ1) is 9.79. The molecule has 1 atom stereocenters. The van der Waals surface area contributed by atoms with Crippen molar-refractivity contribution >= 4 is 33.9 Å². The lowest BCUT2D eigenvalue weighted by Crippen LogP contribution is -2.12. The molecule has 0 aromatic carbocycles. The van der Waals surface area contributed by atoms with Gasteiger partial charge in [-0.2, -0.15) is 5.10 Å². The SMILES string of the molecule is CCC(Nc1nccn2ncc(I)c12)c1ccncc1. The molecule has 0 bridgehead atoms. The molecule has 3 aromatic rings. The van der Waals surface area contributed by atoms with Crippen LogP contribution in [0.4, 0.5) is 5.82 Å². The van der Waals surface area contributed by atoms with E-state index in [-0.39, 0.29) is 6.04 Å². The average Bonchev–Trinajstić information content (AvgIpc) is 2.88.